The first-order valence-electron chi connectivity index (χ1n) is 13.7. The molecule has 206 valence electrons. The molecule has 3 aliphatic rings. The highest BCUT2D eigenvalue weighted by Gasteiger charge is 2.29. The maximum Gasteiger partial charge on any atom is 0.318 e. The number of hydrogen-bond donors (Lipinski definition) is 2. The van der Waals surface area contributed by atoms with E-state index in [0.717, 1.165) is 107 Å². The van der Waals surface area contributed by atoms with Gasteiger partial charge in [-0.2, -0.15) is 9.97 Å². The van der Waals surface area contributed by atoms with Gasteiger partial charge in [-0.05, 0) is 37.5 Å². The summed E-state index contributed by atoms with van der Waals surface area (Å²) in [4.78, 5) is 18.8. The van der Waals surface area contributed by atoms with Crippen LogP contribution in [0.25, 0.3) is 0 Å². The van der Waals surface area contributed by atoms with Gasteiger partial charge in [0, 0.05) is 69.7 Å². The van der Waals surface area contributed by atoms with Crippen LogP contribution in [0.2, 0.25) is 0 Å². The molecule has 1 aromatic carbocycles. The number of piperazine rings is 1. The maximum absolute atomic E-state index is 10.2. The smallest absolute Gasteiger partial charge is 0.318 e. The van der Waals surface area contributed by atoms with Crippen molar-refractivity contribution in [2.24, 2.45) is 0 Å². The molecule has 2 saturated heterocycles. The van der Waals surface area contributed by atoms with E-state index in [1.54, 1.807) is 12.1 Å². The fourth-order valence-electron chi connectivity index (χ4n) is 5.48. The Bertz CT molecular complexity index is 1100. The molecule has 1 aromatic heterocycles. The van der Waals surface area contributed by atoms with E-state index in [4.69, 9.17) is 19.4 Å². The van der Waals surface area contributed by atoms with E-state index in [0.29, 0.717) is 19.2 Å². The van der Waals surface area contributed by atoms with Crippen molar-refractivity contribution in [2.75, 3.05) is 82.0 Å². The van der Waals surface area contributed by atoms with Crippen molar-refractivity contribution >= 4 is 11.5 Å². The summed E-state index contributed by atoms with van der Waals surface area (Å²) < 4.78 is 11.6. The van der Waals surface area contributed by atoms with E-state index in [2.05, 4.69) is 28.2 Å². The van der Waals surface area contributed by atoms with Gasteiger partial charge in [-0.15, -0.1) is 0 Å². The SMILES string of the molecule is C=CC(O)N1CCN(c2nc(OCCCN3CCOCC3)nc3c2CCN(c2cc(O)ccc2C)C3)CC1. The Hall–Kier alpha value is -2.92. The van der Waals surface area contributed by atoms with E-state index in [9.17, 15) is 10.2 Å². The minimum atomic E-state index is -0.624. The van der Waals surface area contributed by atoms with Crippen LogP contribution in [0.15, 0.2) is 30.9 Å². The van der Waals surface area contributed by atoms with Gasteiger partial charge in [-0.3, -0.25) is 9.80 Å². The Kier molecular flexibility index (Phi) is 8.63. The third kappa shape index (κ3) is 6.20. The summed E-state index contributed by atoms with van der Waals surface area (Å²) >= 11 is 0. The van der Waals surface area contributed by atoms with Crippen LogP contribution in [-0.4, -0.2) is 108 Å². The molecule has 0 radical (unpaired) electrons. The van der Waals surface area contributed by atoms with Crippen molar-refractivity contribution in [1.82, 2.24) is 19.8 Å². The number of rotatable bonds is 9. The second-order valence-corrected chi connectivity index (χ2v) is 10.2. The van der Waals surface area contributed by atoms with E-state index in [-0.39, 0.29) is 5.75 Å². The van der Waals surface area contributed by atoms with Crippen molar-refractivity contribution in [2.45, 2.75) is 32.5 Å². The quantitative estimate of drug-likeness (QED) is 0.373. The Morgan fingerprint density at radius 1 is 1.08 bits per heavy atom. The first kappa shape index (κ1) is 26.7. The molecule has 0 bridgehead atoms. The predicted octanol–water partition coefficient (Wildman–Crippen LogP) is 1.78. The third-order valence-electron chi connectivity index (χ3n) is 7.71. The summed E-state index contributed by atoms with van der Waals surface area (Å²) in [6.07, 6.45) is 2.67. The number of ether oxygens (including phenoxy) is 2. The highest BCUT2D eigenvalue weighted by molar-refractivity contribution is 5.60. The zero-order valence-corrected chi connectivity index (χ0v) is 22.4. The molecule has 0 aliphatic carbocycles. The number of anilines is 2. The molecule has 2 aromatic rings. The minimum absolute atomic E-state index is 0.267. The van der Waals surface area contributed by atoms with Gasteiger partial charge in [-0.25, -0.2) is 0 Å². The first-order valence-corrected chi connectivity index (χ1v) is 13.7. The molecule has 10 heteroatoms. The van der Waals surface area contributed by atoms with Crippen LogP contribution in [0.4, 0.5) is 11.5 Å². The molecule has 1 atom stereocenters. The second-order valence-electron chi connectivity index (χ2n) is 10.2. The number of nitrogens with zero attached hydrogens (tertiary/aromatic N) is 6. The van der Waals surface area contributed by atoms with Gasteiger partial charge in [-0.1, -0.05) is 12.6 Å². The van der Waals surface area contributed by atoms with E-state index < -0.39 is 6.23 Å². The molecule has 5 rings (SSSR count). The van der Waals surface area contributed by atoms with E-state index in [1.807, 2.05) is 17.0 Å². The van der Waals surface area contributed by atoms with Gasteiger partial charge in [0.2, 0.25) is 0 Å². The summed E-state index contributed by atoms with van der Waals surface area (Å²) in [5, 5.41) is 20.3. The van der Waals surface area contributed by atoms with Crippen molar-refractivity contribution in [1.29, 1.82) is 0 Å². The number of aliphatic hydroxyl groups is 1. The maximum atomic E-state index is 10.2. The Morgan fingerprint density at radius 3 is 2.63 bits per heavy atom. The molecule has 0 spiro atoms. The lowest BCUT2D eigenvalue weighted by Gasteiger charge is -2.39. The molecule has 4 heterocycles. The van der Waals surface area contributed by atoms with Crippen LogP contribution < -0.4 is 14.5 Å². The summed E-state index contributed by atoms with van der Waals surface area (Å²) in [6.45, 7) is 15.3. The van der Waals surface area contributed by atoms with Crippen LogP contribution in [-0.2, 0) is 17.7 Å². The number of aromatic hydroxyl groups is 1. The predicted molar refractivity (Wildman–Crippen MR) is 147 cm³/mol. The fourth-order valence-corrected chi connectivity index (χ4v) is 5.48. The van der Waals surface area contributed by atoms with Crippen molar-refractivity contribution in [3.8, 4) is 11.8 Å². The van der Waals surface area contributed by atoms with Crippen molar-refractivity contribution in [3.05, 3.63) is 47.7 Å². The number of aromatic nitrogens is 2. The van der Waals surface area contributed by atoms with Crippen LogP contribution in [0.3, 0.4) is 0 Å². The molecule has 10 nitrogen and oxygen atoms in total. The summed E-state index contributed by atoms with van der Waals surface area (Å²) in [6, 6.07) is 5.92. The third-order valence-corrected chi connectivity index (χ3v) is 7.71. The van der Waals surface area contributed by atoms with Gasteiger partial charge < -0.3 is 29.5 Å². The van der Waals surface area contributed by atoms with Crippen LogP contribution in [0, 0.1) is 6.92 Å². The Morgan fingerprint density at radius 2 is 1.87 bits per heavy atom. The highest BCUT2D eigenvalue weighted by atomic mass is 16.5. The number of aryl methyl sites for hydroxylation is 1. The topological polar surface area (TPSA) is 97.7 Å². The Labute approximate surface area is 225 Å². The molecule has 38 heavy (non-hydrogen) atoms. The first-order chi connectivity index (χ1) is 18.5. The van der Waals surface area contributed by atoms with E-state index >= 15 is 0 Å². The van der Waals surface area contributed by atoms with Crippen LogP contribution in [0.5, 0.6) is 11.8 Å². The molecular formula is C28H40N6O4. The fraction of sp³-hybridized carbons (Fsp3) is 0.571. The largest absolute Gasteiger partial charge is 0.508 e. The number of phenolic OH excluding ortho intramolecular Hbond substituents is 1. The number of fused-ring (bicyclic) bond motifs is 1. The number of aliphatic hydroxyl groups excluding tert-OH is 1. The number of benzene rings is 1. The zero-order chi connectivity index (χ0) is 26.5. The zero-order valence-electron chi connectivity index (χ0n) is 22.4. The van der Waals surface area contributed by atoms with Gasteiger partial charge in [0.1, 0.15) is 17.8 Å². The lowest BCUT2D eigenvalue weighted by molar-refractivity contribution is 0.0356. The second kappa shape index (κ2) is 12.3. The molecule has 2 N–H and O–H groups in total. The number of hydrogen-bond acceptors (Lipinski definition) is 10. The van der Waals surface area contributed by atoms with Crippen LogP contribution >= 0.6 is 0 Å². The molecule has 0 saturated carbocycles. The lowest BCUT2D eigenvalue weighted by atomic mass is 10.0. The number of morpholine rings is 1. The van der Waals surface area contributed by atoms with Crippen molar-refractivity contribution in [3.63, 3.8) is 0 Å². The molecule has 0 amide bonds. The molecule has 2 fully saturated rings. The average molecular weight is 525 g/mol. The molecular weight excluding hydrogens is 484 g/mol. The summed E-state index contributed by atoms with van der Waals surface area (Å²) in [5.74, 6) is 1.21. The van der Waals surface area contributed by atoms with Crippen LogP contribution in [0.1, 0.15) is 23.2 Å². The van der Waals surface area contributed by atoms with Gasteiger partial charge in [0.25, 0.3) is 0 Å². The van der Waals surface area contributed by atoms with Crippen molar-refractivity contribution < 1.29 is 19.7 Å². The Balaban J connectivity index is 1.33. The normalized spacial score (nSPS) is 19.7. The summed E-state index contributed by atoms with van der Waals surface area (Å²) in [7, 11) is 0. The highest BCUT2D eigenvalue weighted by Crippen LogP contribution is 2.33. The lowest BCUT2D eigenvalue weighted by Crippen LogP contribution is -2.50. The molecule has 3 aliphatic heterocycles. The average Bonchev–Trinajstić information content (AvgIpc) is 2.96. The van der Waals surface area contributed by atoms with E-state index in [1.165, 1.54) is 0 Å². The van der Waals surface area contributed by atoms with Gasteiger partial charge in [0.15, 0.2) is 0 Å². The van der Waals surface area contributed by atoms with Gasteiger partial charge in [0.05, 0.1) is 32.1 Å². The van der Waals surface area contributed by atoms with Gasteiger partial charge >= 0.3 is 6.01 Å². The molecule has 1 unspecified atom stereocenters. The monoisotopic (exact) mass is 524 g/mol. The minimum Gasteiger partial charge on any atom is -0.508 e. The standard InChI is InChI=1S/C28H40N6O4/c1-3-26(36)32-10-12-33(13-11-32)27-23-7-9-34(25-19-22(35)6-5-21(25)2)20-24(23)29-28(30-27)38-16-4-8-31-14-17-37-18-15-31/h3,5-6,19,26,35-36H,1,4,7-18,20H2,2H3. The number of phenols is 1. The summed E-state index contributed by atoms with van der Waals surface area (Å²) in [5.41, 5.74) is 4.28.